The van der Waals surface area contributed by atoms with Gasteiger partial charge in [-0.15, -0.1) is 12.4 Å². The summed E-state index contributed by atoms with van der Waals surface area (Å²) >= 11 is 0. The summed E-state index contributed by atoms with van der Waals surface area (Å²) in [5.74, 6) is 0. The Bertz CT molecular complexity index is 132. The molecule has 0 amide bonds. The number of hydrogen-bond donors (Lipinski definition) is 2. The Morgan fingerprint density at radius 3 is 2.69 bits per heavy atom. The van der Waals surface area contributed by atoms with Gasteiger partial charge >= 0.3 is 0 Å². The third-order valence-corrected chi connectivity index (χ3v) is 2.11. The molecule has 1 heterocycles. The highest BCUT2D eigenvalue weighted by Crippen LogP contribution is 2.20. The van der Waals surface area contributed by atoms with Crippen LogP contribution in [0.15, 0.2) is 0 Å². The van der Waals surface area contributed by atoms with Gasteiger partial charge in [0.05, 0.1) is 6.61 Å². The van der Waals surface area contributed by atoms with Gasteiger partial charge in [-0.05, 0) is 12.8 Å². The molecule has 4 heteroatoms. The third kappa shape index (κ3) is 4.81. The number of nitrogens with one attached hydrogen (secondary N) is 1. The smallest absolute Gasteiger partial charge is 0.108 e. The van der Waals surface area contributed by atoms with Gasteiger partial charge in [-0.2, -0.15) is 0 Å². The predicted molar refractivity (Wildman–Crippen MR) is 55.1 cm³/mol. The van der Waals surface area contributed by atoms with Gasteiger partial charge in [-0.1, -0.05) is 13.8 Å². The lowest BCUT2D eigenvalue weighted by molar-refractivity contribution is -0.0626. The van der Waals surface area contributed by atoms with Crippen LogP contribution in [0.2, 0.25) is 0 Å². The molecule has 0 radical (unpaired) electrons. The number of rotatable bonds is 3. The van der Waals surface area contributed by atoms with Gasteiger partial charge in [0.15, 0.2) is 0 Å². The normalized spacial score (nSPS) is 26.5. The second-order valence-corrected chi connectivity index (χ2v) is 4.21. The van der Waals surface area contributed by atoms with E-state index in [2.05, 4.69) is 19.2 Å². The van der Waals surface area contributed by atoms with E-state index in [-0.39, 0.29) is 30.7 Å². The summed E-state index contributed by atoms with van der Waals surface area (Å²) in [6.07, 6.45) is 1.88. The van der Waals surface area contributed by atoms with Crippen LogP contribution in [0.5, 0.6) is 0 Å². The molecule has 1 aliphatic rings. The molecule has 0 saturated carbocycles. The van der Waals surface area contributed by atoms with E-state index in [1.807, 2.05) is 0 Å². The van der Waals surface area contributed by atoms with Gasteiger partial charge < -0.3 is 9.84 Å². The minimum Gasteiger partial charge on any atom is -0.396 e. The quantitative estimate of drug-likeness (QED) is 0.733. The lowest BCUT2D eigenvalue weighted by Crippen LogP contribution is -2.47. The van der Waals surface area contributed by atoms with E-state index in [1.165, 1.54) is 0 Å². The molecule has 1 atom stereocenters. The first-order chi connectivity index (χ1) is 5.64. The molecular formula is C9H20ClNO2. The van der Waals surface area contributed by atoms with Crippen molar-refractivity contribution in [1.29, 1.82) is 0 Å². The lowest BCUT2D eigenvalue weighted by atomic mass is 9.93. The molecule has 0 aromatic carbocycles. The first-order valence-electron chi connectivity index (χ1n) is 4.60. The van der Waals surface area contributed by atoms with Gasteiger partial charge in [-0.25, -0.2) is 0 Å². The van der Waals surface area contributed by atoms with Gasteiger partial charge in [0.2, 0.25) is 0 Å². The Hall–Kier alpha value is 0.170. The van der Waals surface area contributed by atoms with Crippen LogP contribution >= 0.6 is 12.4 Å². The maximum absolute atomic E-state index is 8.62. The summed E-state index contributed by atoms with van der Waals surface area (Å²) in [5, 5.41) is 11.9. The molecule has 1 aliphatic heterocycles. The van der Waals surface area contributed by atoms with Crippen LogP contribution < -0.4 is 5.32 Å². The Morgan fingerprint density at radius 2 is 2.23 bits per heavy atom. The van der Waals surface area contributed by atoms with Crippen molar-refractivity contribution < 1.29 is 9.84 Å². The molecule has 0 aromatic heterocycles. The monoisotopic (exact) mass is 209 g/mol. The zero-order valence-corrected chi connectivity index (χ0v) is 9.19. The Kier molecular flexibility index (Phi) is 5.88. The Labute approximate surface area is 86.3 Å². The SMILES string of the molecule is CC1(C)CNC(CCCO)OC1.Cl. The molecule has 0 spiro atoms. The van der Waals surface area contributed by atoms with Crippen LogP contribution in [0.4, 0.5) is 0 Å². The van der Waals surface area contributed by atoms with Crippen molar-refractivity contribution in [3.63, 3.8) is 0 Å². The van der Waals surface area contributed by atoms with E-state index in [0.717, 1.165) is 26.0 Å². The average Bonchev–Trinajstić information content (AvgIpc) is 2.03. The summed E-state index contributed by atoms with van der Waals surface area (Å²) in [6, 6.07) is 0. The minimum atomic E-state index is 0. The zero-order chi connectivity index (χ0) is 9.03. The predicted octanol–water partition coefficient (Wildman–Crippen LogP) is 1.15. The van der Waals surface area contributed by atoms with Gasteiger partial charge in [0, 0.05) is 18.6 Å². The summed E-state index contributed by atoms with van der Waals surface area (Å²) in [6.45, 7) is 6.44. The van der Waals surface area contributed by atoms with Crippen LogP contribution in [0.25, 0.3) is 0 Å². The standard InChI is InChI=1S/C9H19NO2.ClH/c1-9(2)6-10-8(12-7-9)4-3-5-11;/h8,10-11H,3-7H2,1-2H3;1H. The van der Waals surface area contributed by atoms with Crippen molar-refractivity contribution in [2.45, 2.75) is 32.9 Å². The summed E-state index contributed by atoms with van der Waals surface area (Å²) in [5.41, 5.74) is 0.260. The molecule has 1 unspecified atom stereocenters. The van der Waals surface area contributed by atoms with E-state index in [9.17, 15) is 0 Å². The van der Waals surface area contributed by atoms with Gasteiger partial charge in [0.1, 0.15) is 6.23 Å². The zero-order valence-electron chi connectivity index (χ0n) is 8.38. The molecule has 0 aromatic rings. The highest BCUT2D eigenvalue weighted by atomic mass is 35.5. The molecule has 0 aliphatic carbocycles. The second-order valence-electron chi connectivity index (χ2n) is 4.21. The number of halogens is 1. The second kappa shape index (κ2) is 5.81. The third-order valence-electron chi connectivity index (χ3n) is 2.11. The van der Waals surface area contributed by atoms with Crippen molar-refractivity contribution in [2.24, 2.45) is 5.41 Å². The van der Waals surface area contributed by atoms with Gasteiger partial charge in [0.25, 0.3) is 0 Å². The first kappa shape index (κ1) is 13.2. The van der Waals surface area contributed by atoms with E-state index in [4.69, 9.17) is 9.84 Å². The fourth-order valence-electron chi connectivity index (χ4n) is 1.29. The Balaban J connectivity index is 0.00000144. The molecule has 0 bridgehead atoms. The maximum atomic E-state index is 8.62. The summed E-state index contributed by atoms with van der Waals surface area (Å²) in [7, 11) is 0. The Morgan fingerprint density at radius 1 is 1.54 bits per heavy atom. The molecular weight excluding hydrogens is 190 g/mol. The van der Waals surface area contributed by atoms with E-state index in [0.29, 0.717) is 0 Å². The number of ether oxygens (including phenoxy) is 1. The van der Waals surface area contributed by atoms with Crippen LogP contribution in [0.3, 0.4) is 0 Å². The van der Waals surface area contributed by atoms with Crippen LogP contribution in [0, 0.1) is 5.41 Å². The van der Waals surface area contributed by atoms with Crippen molar-refractivity contribution in [2.75, 3.05) is 19.8 Å². The first-order valence-corrected chi connectivity index (χ1v) is 4.60. The number of hydrogen-bond acceptors (Lipinski definition) is 3. The van der Waals surface area contributed by atoms with Crippen molar-refractivity contribution in [1.82, 2.24) is 5.32 Å². The average molecular weight is 210 g/mol. The lowest BCUT2D eigenvalue weighted by Gasteiger charge is -2.35. The van der Waals surface area contributed by atoms with Crippen LogP contribution in [0.1, 0.15) is 26.7 Å². The van der Waals surface area contributed by atoms with Crippen LogP contribution in [-0.2, 0) is 4.74 Å². The largest absolute Gasteiger partial charge is 0.396 e. The fraction of sp³-hybridized carbons (Fsp3) is 1.00. The van der Waals surface area contributed by atoms with Gasteiger partial charge in [-0.3, -0.25) is 5.32 Å². The number of aliphatic hydroxyl groups is 1. The van der Waals surface area contributed by atoms with Crippen molar-refractivity contribution in [3.05, 3.63) is 0 Å². The van der Waals surface area contributed by atoms with Crippen LogP contribution in [-0.4, -0.2) is 31.1 Å². The molecule has 3 nitrogen and oxygen atoms in total. The fourth-order valence-corrected chi connectivity index (χ4v) is 1.29. The van der Waals surface area contributed by atoms with E-state index in [1.54, 1.807) is 0 Å². The minimum absolute atomic E-state index is 0. The van der Waals surface area contributed by atoms with E-state index < -0.39 is 0 Å². The maximum Gasteiger partial charge on any atom is 0.108 e. The summed E-state index contributed by atoms with van der Waals surface area (Å²) < 4.78 is 5.57. The van der Waals surface area contributed by atoms with Crippen molar-refractivity contribution in [3.8, 4) is 0 Å². The van der Waals surface area contributed by atoms with Crippen molar-refractivity contribution >= 4 is 12.4 Å². The number of aliphatic hydroxyl groups excluding tert-OH is 1. The molecule has 1 fully saturated rings. The molecule has 1 saturated heterocycles. The molecule has 13 heavy (non-hydrogen) atoms. The summed E-state index contributed by atoms with van der Waals surface area (Å²) in [4.78, 5) is 0. The highest BCUT2D eigenvalue weighted by molar-refractivity contribution is 5.85. The highest BCUT2D eigenvalue weighted by Gasteiger charge is 2.26. The molecule has 2 N–H and O–H groups in total. The molecule has 80 valence electrons. The molecule has 1 rings (SSSR count). The topological polar surface area (TPSA) is 41.5 Å². The van der Waals surface area contributed by atoms with E-state index >= 15 is 0 Å².